The number of likely N-dealkylation sites (tertiary alicyclic amines) is 1. The van der Waals surface area contributed by atoms with Gasteiger partial charge in [-0.3, -0.25) is 4.79 Å². The van der Waals surface area contributed by atoms with E-state index in [1.54, 1.807) is 18.2 Å². The van der Waals surface area contributed by atoms with Crippen LogP contribution in [0.3, 0.4) is 0 Å². The van der Waals surface area contributed by atoms with Crippen molar-refractivity contribution in [1.82, 2.24) is 4.90 Å². The molecule has 1 fully saturated rings. The van der Waals surface area contributed by atoms with Gasteiger partial charge in [-0.15, -0.1) is 0 Å². The minimum Gasteiger partial charge on any atom is -0.495 e. The number of carbonyl (C=O) groups is 1. The molecule has 0 atom stereocenters. The number of ether oxygens (including phenoxy) is 1. The number of piperidine rings is 1. The molecule has 3 nitrogen and oxygen atoms in total. The molecule has 0 aromatic heterocycles. The summed E-state index contributed by atoms with van der Waals surface area (Å²) in [6.07, 6.45) is 5.73. The topological polar surface area (TPSA) is 29.5 Å². The third kappa shape index (κ3) is 3.99. The molecule has 2 aromatic carbocycles. The largest absolute Gasteiger partial charge is 0.495 e. The van der Waals surface area contributed by atoms with E-state index >= 15 is 0 Å². The summed E-state index contributed by atoms with van der Waals surface area (Å²) in [6, 6.07) is 13.6. The van der Waals surface area contributed by atoms with Crippen LogP contribution in [0.1, 0.15) is 34.3 Å². The van der Waals surface area contributed by atoms with Crippen LogP contribution in [0, 0.1) is 0 Å². The van der Waals surface area contributed by atoms with Gasteiger partial charge in [-0.1, -0.05) is 53.5 Å². The second kappa shape index (κ2) is 7.95. The van der Waals surface area contributed by atoms with Crippen molar-refractivity contribution in [3.05, 3.63) is 81.0 Å². The number of hydrogen-bond acceptors (Lipinski definition) is 2. The molecule has 1 amide bonds. The number of benzene rings is 2. The fraction of sp³-hybridized carbons (Fsp3) is 0.318. The average Bonchev–Trinajstić information content (AvgIpc) is 2.68. The average molecular weight is 402 g/mol. The van der Waals surface area contributed by atoms with Crippen molar-refractivity contribution in [1.29, 1.82) is 0 Å². The zero-order valence-electron chi connectivity index (χ0n) is 15.0. The lowest BCUT2D eigenvalue weighted by atomic mass is 9.95. The van der Waals surface area contributed by atoms with Crippen LogP contribution in [-0.4, -0.2) is 30.0 Å². The summed E-state index contributed by atoms with van der Waals surface area (Å²) in [4.78, 5) is 14.6. The normalized spacial score (nSPS) is 17.3. The van der Waals surface area contributed by atoms with Gasteiger partial charge in [0, 0.05) is 32.4 Å². The maximum absolute atomic E-state index is 12.8. The van der Waals surface area contributed by atoms with E-state index in [9.17, 15) is 4.79 Å². The molecule has 0 spiro atoms. The van der Waals surface area contributed by atoms with Crippen LogP contribution in [-0.2, 0) is 17.6 Å². The molecule has 1 aliphatic heterocycles. The summed E-state index contributed by atoms with van der Waals surface area (Å²) in [7, 11) is 0. The minimum absolute atomic E-state index is 0.102. The molecule has 0 N–H and O–H groups in total. The Bertz CT molecular complexity index is 865. The van der Waals surface area contributed by atoms with E-state index in [1.165, 1.54) is 11.1 Å². The van der Waals surface area contributed by atoms with E-state index in [2.05, 4.69) is 30.3 Å². The highest BCUT2D eigenvalue weighted by Crippen LogP contribution is 2.28. The van der Waals surface area contributed by atoms with Crippen molar-refractivity contribution in [2.45, 2.75) is 31.8 Å². The monoisotopic (exact) mass is 401 g/mol. The second-order valence-electron chi connectivity index (χ2n) is 7.03. The number of halogens is 2. The first-order valence-electron chi connectivity index (χ1n) is 9.27. The summed E-state index contributed by atoms with van der Waals surface area (Å²) in [5, 5.41) is 0.800. The first-order chi connectivity index (χ1) is 13.1. The van der Waals surface area contributed by atoms with E-state index in [-0.39, 0.29) is 12.0 Å². The standard InChI is InChI=1S/C22H21Cl2NO2/c23-19-6-3-7-20(24)21(19)22(26)25-12-10-17(11-13-25)27-18-9-8-15-4-1-2-5-16(15)14-18/h1-7,9,17H,8,10-14H2. The SMILES string of the molecule is O=C(c1c(Cl)cccc1Cl)N1CCC(OC2=CCc3ccccc3C2)CC1. The van der Waals surface area contributed by atoms with Gasteiger partial charge in [0.25, 0.3) is 5.91 Å². The van der Waals surface area contributed by atoms with Gasteiger partial charge in [0.1, 0.15) is 6.10 Å². The highest BCUT2D eigenvalue weighted by molar-refractivity contribution is 6.39. The van der Waals surface area contributed by atoms with Crippen LogP contribution in [0.15, 0.2) is 54.3 Å². The quantitative estimate of drug-likeness (QED) is 0.698. The van der Waals surface area contributed by atoms with Crippen molar-refractivity contribution in [2.75, 3.05) is 13.1 Å². The van der Waals surface area contributed by atoms with Gasteiger partial charge in [0.05, 0.1) is 21.4 Å². The van der Waals surface area contributed by atoms with Crippen LogP contribution in [0.25, 0.3) is 0 Å². The minimum atomic E-state index is -0.102. The van der Waals surface area contributed by atoms with E-state index in [0.29, 0.717) is 28.7 Å². The number of hydrogen-bond donors (Lipinski definition) is 0. The van der Waals surface area contributed by atoms with Gasteiger partial charge in [0.2, 0.25) is 0 Å². The molecule has 2 aliphatic rings. The van der Waals surface area contributed by atoms with Crippen molar-refractivity contribution >= 4 is 29.1 Å². The summed E-state index contributed by atoms with van der Waals surface area (Å²) in [6.45, 7) is 1.30. The fourth-order valence-electron chi connectivity index (χ4n) is 3.75. The number of nitrogens with zero attached hydrogens (tertiary/aromatic N) is 1. The Hall–Kier alpha value is -1.97. The molecule has 5 heteroatoms. The number of fused-ring (bicyclic) bond motifs is 1. The number of rotatable bonds is 3. The highest BCUT2D eigenvalue weighted by Gasteiger charge is 2.27. The molecule has 140 valence electrons. The summed E-state index contributed by atoms with van der Waals surface area (Å²) in [5.41, 5.74) is 3.12. The molecule has 0 unspecified atom stereocenters. The van der Waals surface area contributed by atoms with Crippen LogP contribution in [0.5, 0.6) is 0 Å². The molecular formula is C22H21Cl2NO2. The molecule has 4 rings (SSSR count). The third-order valence-electron chi connectivity index (χ3n) is 5.26. The number of carbonyl (C=O) groups excluding carboxylic acids is 1. The van der Waals surface area contributed by atoms with Crippen molar-refractivity contribution < 1.29 is 9.53 Å². The summed E-state index contributed by atoms with van der Waals surface area (Å²) < 4.78 is 6.24. The van der Waals surface area contributed by atoms with E-state index < -0.39 is 0 Å². The second-order valence-corrected chi connectivity index (χ2v) is 7.84. The van der Waals surface area contributed by atoms with E-state index in [4.69, 9.17) is 27.9 Å². The molecule has 0 bridgehead atoms. The predicted octanol–water partition coefficient (Wildman–Crippen LogP) is 5.30. The van der Waals surface area contributed by atoms with Gasteiger partial charge >= 0.3 is 0 Å². The van der Waals surface area contributed by atoms with Gasteiger partial charge in [-0.2, -0.15) is 0 Å². The Morgan fingerprint density at radius 2 is 1.63 bits per heavy atom. The molecule has 0 radical (unpaired) electrons. The van der Waals surface area contributed by atoms with E-state index in [0.717, 1.165) is 31.4 Å². The molecule has 0 saturated carbocycles. The number of allylic oxidation sites excluding steroid dienone is 2. The molecule has 1 heterocycles. The maximum atomic E-state index is 12.8. The number of amides is 1. The molecule has 1 aliphatic carbocycles. The van der Waals surface area contributed by atoms with Crippen molar-refractivity contribution in [3.63, 3.8) is 0 Å². The lowest BCUT2D eigenvalue weighted by Crippen LogP contribution is -2.41. The Balaban J connectivity index is 1.35. The van der Waals surface area contributed by atoms with Crippen molar-refractivity contribution in [3.8, 4) is 0 Å². The van der Waals surface area contributed by atoms with Gasteiger partial charge in [0.15, 0.2) is 0 Å². The van der Waals surface area contributed by atoms with Crippen molar-refractivity contribution in [2.24, 2.45) is 0 Å². The Morgan fingerprint density at radius 3 is 2.33 bits per heavy atom. The fourth-order valence-corrected chi connectivity index (χ4v) is 4.31. The lowest BCUT2D eigenvalue weighted by Gasteiger charge is -2.33. The van der Waals surface area contributed by atoms with Gasteiger partial charge in [-0.25, -0.2) is 0 Å². The molecule has 27 heavy (non-hydrogen) atoms. The molecule has 1 saturated heterocycles. The highest BCUT2D eigenvalue weighted by atomic mass is 35.5. The first-order valence-corrected chi connectivity index (χ1v) is 10.0. The third-order valence-corrected chi connectivity index (χ3v) is 5.89. The molecular weight excluding hydrogens is 381 g/mol. The smallest absolute Gasteiger partial charge is 0.256 e. The van der Waals surface area contributed by atoms with Crippen LogP contribution >= 0.6 is 23.2 Å². The Morgan fingerprint density at radius 1 is 0.963 bits per heavy atom. The Kier molecular flexibility index (Phi) is 5.42. The van der Waals surface area contributed by atoms with Crippen LogP contribution in [0.4, 0.5) is 0 Å². The summed E-state index contributed by atoms with van der Waals surface area (Å²) in [5.74, 6) is 0.947. The van der Waals surface area contributed by atoms with Gasteiger partial charge in [-0.05, 0) is 35.8 Å². The predicted molar refractivity (Wildman–Crippen MR) is 108 cm³/mol. The zero-order chi connectivity index (χ0) is 18.8. The first kappa shape index (κ1) is 18.4. The molecule has 2 aromatic rings. The zero-order valence-corrected chi connectivity index (χ0v) is 16.5. The lowest BCUT2D eigenvalue weighted by molar-refractivity contribution is 0.0390. The van der Waals surface area contributed by atoms with Crippen LogP contribution < -0.4 is 0 Å². The van der Waals surface area contributed by atoms with Crippen LogP contribution in [0.2, 0.25) is 10.0 Å². The maximum Gasteiger partial charge on any atom is 0.256 e. The van der Waals surface area contributed by atoms with E-state index in [1.807, 2.05) is 4.90 Å². The summed E-state index contributed by atoms with van der Waals surface area (Å²) >= 11 is 12.4. The Labute approximate surface area is 169 Å². The van der Waals surface area contributed by atoms with Gasteiger partial charge < -0.3 is 9.64 Å².